The van der Waals surface area contributed by atoms with Crippen LogP contribution in [-0.4, -0.2) is 47.4 Å². The van der Waals surface area contributed by atoms with Gasteiger partial charge in [-0.2, -0.15) is 26.3 Å². The first-order valence-electron chi connectivity index (χ1n) is 8.03. The number of amides is 1. The van der Waals surface area contributed by atoms with Gasteiger partial charge in [-0.05, 0) is 39.0 Å². The van der Waals surface area contributed by atoms with Crippen molar-refractivity contribution in [2.24, 2.45) is 0 Å². The second-order valence-corrected chi connectivity index (χ2v) is 7.24. The molecule has 26 heavy (non-hydrogen) atoms. The predicted molar refractivity (Wildman–Crippen MR) is 83.7 cm³/mol. The van der Waals surface area contributed by atoms with Crippen LogP contribution in [0.2, 0.25) is 0 Å². The van der Waals surface area contributed by atoms with Crippen molar-refractivity contribution in [3.8, 4) is 0 Å². The Morgan fingerprint density at radius 3 is 1.58 bits per heavy atom. The zero-order valence-electron chi connectivity index (χ0n) is 14.6. The van der Waals surface area contributed by atoms with Crippen molar-refractivity contribution in [3.05, 3.63) is 34.9 Å². The van der Waals surface area contributed by atoms with Gasteiger partial charge < -0.3 is 4.90 Å². The van der Waals surface area contributed by atoms with Gasteiger partial charge in [0.15, 0.2) is 0 Å². The van der Waals surface area contributed by atoms with E-state index in [1.165, 1.54) is 4.90 Å². The molecular weight excluding hydrogens is 362 g/mol. The Balaban J connectivity index is 2.29. The number of piperazine rings is 1. The van der Waals surface area contributed by atoms with Crippen LogP contribution in [0.3, 0.4) is 0 Å². The van der Waals surface area contributed by atoms with E-state index in [0.29, 0.717) is 25.2 Å². The molecule has 1 aromatic carbocycles. The highest BCUT2D eigenvalue weighted by molar-refractivity contribution is 5.94. The van der Waals surface area contributed by atoms with E-state index in [2.05, 4.69) is 4.90 Å². The Bertz CT molecular complexity index is 635. The Kier molecular flexibility index (Phi) is 5.34. The van der Waals surface area contributed by atoms with Crippen LogP contribution in [0.25, 0.3) is 0 Å². The Morgan fingerprint density at radius 1 is 0.808 bits per heavy atom. The fourth-order valence-electron chi connectivity index (χ4n) is 2.84. The molecule has 1 amide bonds. The van der Waals surface area contributed by atoms with Gasteiger partial charge >= 0.3 is 12.4 Å². The van der Waals surface area contributed by atoms with Crippen molar-refractivity contribution in [2.45, 2.75) is 38.7 Å². The van der Waals surface area contributed by atoms with E-state index in [4.69, 9.17) is 0 Å². The van der Waals surface area contributed by atoms with Gasteiger partial charge in [-0.3, -0.25) is 9.69 Å². The molecule has 146 valence electrons. The summed E-state index contributed by atoms with van der Waals surface area (Å²) in [6, 6.07) is 0.982. The maximum absolute atomic E-state index is 12.9. The lowest BCUT2D eigenvalue weighted by molar-refractivity contribution is -0.143. The maximum Gasteiger partial charge on any atom is 0.416 e. The van der Waals surface area contributed by atoms with E-state index < -0.39 is 35.0 Å². The summed E-state index contributed by atoms with van der Waals surface area (Å²) in [7, 11) is 0. The number of nitrogens with zero attached hydrogens (tertiary/aromatic N) is 2. The second-order valence-electron chi connectivity index (χ2n) is 7.24. The monoisotopic (exact) mass is 382 g/mol. The molecule has 0 bridgehead atoms. The third kappa shape index (κ3) is 4.69. The number of benzene rings is 1. The molecule has 0 spiro atoms. The lowest BCUT2D eigenvalue weighted by Gasteiger charge is -2.42. The summed E-state index contributed by atoms with van der Waals surface area (Å²) in [5.41, 5.74) is -3.70. The molecule has 2 rings (SSSR count). The molecule has 0 atom stereocenters. The summed E-state index contributed by atoms with van der Waals surface area (Å²) in [4.78, 5) is 15.9. The summed E-state index contributed by atoms with van der Waals surface area (Å²) < 4.78 is 77.6. The quantitative estimate of drug-likeness (QED) is 0.677. The minimum absolute atomic E-state index is 0.0221. The smallest absolute Gasteiger partial charge is 0.336 e. The molecule has 0 N–H and O–H groups in total. The van der Waals surface area contributed by atoms with Gasteiger partial charge in [0.1, 0.15) is 0 Å². The molecule has 9 heteroatoms. The molecule has 3 nitrogen and oxygen atoms in total. The number of halogens is 6. The van der Waals surface area contributed by atoms with Crippen LogP contribution >= 0.6 is 0 Å². The van der Waals surface area contributed by atoms with Crippen LogP contribution in [-0.2, 0) is 12.4 Å². The van der Waals surface area contributed by atoms with E-state index in [1.54, 1.807) is 0 Å². The van der Waals surface area contributed by atoms with Crippen LogP contribution in [0.4, 0.5) is 26.3 Å². The SMILES string of the molecule is CC(C)(C)N1CCN(C(=O)c2cc(C(F)(F)F)cc(C(F)(F)F)c2)CC1. The summed E-state index contributed by atoms with van der Waals surface area (Å²) in [5, 5.41) is 0. The van der Waals surface area contributed by atoms with Gasteiger partial charge in [0.2, 0.25) is 0 Å². The Labute approximate surface area is 147 Å². The van der Waals surface area contributed by atoms with E-state index in [9.17, 15) is 31.1 Å². The van der Waals surface area contributed by atoms with Crippen LogP contribution < -0.4 is 0 Å². The minimum atomic E-state index is -4.97. The molecule has 1 aromatic rings. The molecule has 0 unspecified atom stereocenters. The Hall–Kier alpha value is -1.77. The van der Waals surface area contributed by atoms with E-state index >= 15 is 0 Å². The first-order valence-corrected chi connectivity index (χ1v) is 8.03. The fourth-order valence-corrected chi connectivity index (χ4v) is 2.84. The largest absolute Gasteiger partial charge is 0.416 e. The molecule has 1 aliphatic rings. The highest BCUT2D eigenvalue weighted by Gasteiger charge is 2.38. The summed E-state index contributed by atoms with van der Waals surface area (Å²) in [6.45, 7) is 7.47. The first-order chi connectivity index (χ1) is 11.7. The van der Waals surface area contributed by atoms with E-state index in [1.807, 2.05) is 20.8 Å². The van der Waals surface area contributed by atoms with Gasteiger partial charge in [-0.1, -0.05) is 0 Å². The van der Waals surface area contributed by atoms with Gasteiger partial charge in [0.05, 0.1) is 11.1 Å². The lowest BCUT2D eigenvalue weighted by Crippen LogP contribution is -2.54. The highest BCUT2D eigenvalue weighted by atomic mass is 19.4. The number of hydrogen-bond donors (Lipinski definition) is 0. The molecule has 0 saturated carbocycles. The number of alkyl halides is 6. The lowest BCUT2D eigenvalue weighted by atomic mass is 10.0. The average Bonchev–Trinajstić information content (AvgIpc) is 2.51. The molecule has 0 aromatic heterocycles. The van der Waals surface area contributed by atoms with Crippen molar-refractivity contribution in [1.29, 1.82) is 0 Å². The maximum atomic E-state index is 12.9. The number of carbonyl (C=O) groups is 1. The fraction of sp³-hybridized carbons (Fsp3) is 0.588. The highest BCUT2D eigenvalue weighted by Crippen LogP contribution is 2.36. The zero-order chi connectivity index (χ0) is 19.9. The van der Waals surface area contributed by atoms with Crippen LogP contribution in [0.5, 0.6) is 0 Å². The van der Waals surface area contributed by atoms with Crippen molar-refractivity contribution in [3.63, 3.8) is 0 Å². The topological polar surface area (TPSA) is 23.6 Å². The van der Waals surface area contributed by atoms with Gasteiger partial charge in [-0.25, -0.2) is 0 Å². The van der Waals surface area contributed by atoms with E-state index in [-0.39, 0.29) is 24.7 Å². The standard InChI is InChI=1S/C17H20F6N2O/c1-15(2,3)25-6-4-24(5-7-25)14(26)11-8-12(16(18,19)20)10-13(9-11)17(21,22)23/h8-10H,4-7H2,1-3H3. The molecular formula is C17H20F6N2O. The molecule has 1 heterocycles. The number of rotatable bonds is 1. The summed E-state index contributed by atoms with van der Waals surface area (Å²) >= 11 is 0. The van der Waals surface area contributed by atoms with Crippen LogP contribution in [0.15, 0.2) is 18.2 Å². The minimum Gasteiger partial charge on any atom is -0.336 e. The average molecular weight is 382 g/mol. The normalized spacial score (nSPS) is 17.5. The third-order valence-corrected chi connectivity index (χ3v) is 4.35. The van der Waals surface area contributed by atoms with Crippen molar-refractivity contribution in [1.82, 2.24) is 9.80 Å². The summed E-state index contributed by atoms with van der Waals surface area (Å²) in [6.07, 6.45) is -9.94. The second kappa shape index (κ2) is 6.75. The molecule has 1 aliphatic heterocycles. The van der Waals surface area contributed by atoms with Gasteiger partial charge in [0, 0.05) is 37.3 Å². The van der Waals surface area contributed by atoms with Gasteiger partial charge in [-0.15, -0.1) is 0 Å². The molecule has 1 saturated heterocycles. The molecule has 1 fully saturated rings. The first kappa shape index (κ1) is 20.5. The van der Waals surface area contributed by atoms with E-state index in [0.717, 1.165) is 0 Å². The number of hydrogen-bond acceptors (Lipinski definition) is 2. The van der Waals surface area contributed by atoms with Crippen LogP contribution in [0, 0.1) is 0 Å². The molecule has 0 radical (unpaired) electrons. The predicted octanol–water partition coefficient (Wildman–Crippen LogP) is 4.28. The zero-order valence-corrected chi connectivity index (χ0v) is 14.6. The van der Waals surface area contributed by atoms with Gasteiger partial charge in [0.25, 0.3) is 5.91 Å². The van der Waals surface area contributed by atoms with Crippen molar-refractivity contribution >= 4 is 5.91 Å². The third-order valence-electron chi connectivity index (χ3n) is 4.35. The summed E-state index contributed by atoms with van der Waals surface area (Å²) in [5.74, 6) is -0.824. The number of carbonyl (C=O) groups excluding carboxylic acids is 1. The molecule has 0 aliphatic carbocycles. The Morgan fingerprint density at radius 2 is 1.23 bits per heavy atom. The van der Waals surface area contributed by atoms with Crippen molar-refractivity contribution in [2.75, 3.05) is 26.2 Å². The van der Waals surface area contributed by atoms with Crippen molar-refractivity contribution < 1.29 is 31.1 Å². The van der Waals surface area contributed by atoms with Crippen LogP contribution in [0.1, 0.15) is 42.3 Å².